The summed E-state index contributed by atoms with van der Waals surface area (Å²) in [5.41, 5.74) is 0.425. The lowest BCUT2D eigenvalue weighted by Gasteiger charge is -2.14. The Morgan fingerprint density at radius 1 is 1.43 bits per heavy atom. The second-order valence-corrected chi connectivity index (χ2v) is 4.97. The van der Waals surface area contributed by atoms with Crippen molar-refractivity contribution in [3.63, 3.8) is 0 Å². The summed E-state index contributed by atoms with van der Waals surface area (Å²) in [5.74, 6) is 0.564. The number of aromatic nitrogens is 3. The maximum atomic E-state index is 12.2. The molecule has 1 unspecified atom stereocenters. The first-order valence-corrected chi connectivity index (χ1v) is 7.16. The summed E-state index contributed by atoms with van der Waals surface area (Å²) in [6.45, 7) is 5.56. The van der Waals surface area contributed by atoms with Gasteiger partial charge in [0.15, 0.2) is 0 Å². The van der Waals surface area contributed by atoms with Crippen LogP contribution in [-0.2, 0) is 6.54 Å². The smallest absolute Gasteiger partial charge is 0.270 e. The van der Waals surface area contributed by atoms with Crippen molar-refractivity contribution >= 4 is 11.7 Å². The Hall–Kier alpha value is -2.37. The van der Waals surface area contributed by atoms with Gasteiger partial charge in [-0.3, -0.25) is 4.79 Å². The molecule has 1 atom stereocenters. The van der Waals surface area contributed by atoms with Gasteiger partial charge in [0.1, 0.15) is 11.5 Å². The highest BCUT2D eigenvalue weighted by Gasteiger charge is 2.11. The van der Waals surface area contributed by atoms with Crippen molar-refractivity contribution in [3.8, 4) is 0 Å². The van der Waals surface area contributed by atoms with Crippen LogP contribution in [0.1, 0.15) is 30.8 Å². The number of imidazole rings is 1. The molecule has 0 saturated carbocycles. The summed E-state index contributed by atoms with van der Waals surface area (Å²) in [7, 11) is 0. The molecule has 0 aromatic carbocycles. The molecule has 0 spiro atoms. The zero-order valence-electron chi connectivity index (χ0n) is 12.4. The highest BCUT2D eigenvalue weighted by molar-refractivity contribution is 5.92. The SMILES string of the molecule is CCCNc1cccc(C(=O)NC(C)Cn2ccnc2)n1. The molecule has 0 aliphatic heterocycles. The lowest BCUT2D eigenvalue weighted by molar-refractivity contribution is 0.0932. The second-order valence-electron chi connectivity index (χ2n) is 4.97. The van der Waals surface area contributed by atoms with Gasteiger partial charge in [0.2, 0.25) is 0 Å². The third kappa shape index (κ3) is 4.59. The zero-order chi connectivity index (χ0) is 15.1. The number of nitrogens with zero attached hydrogens (tertiary/aromatic N) is 3. The average molecular weight is 287 g/mol. The normalized spacial score (nSPS) is 11.9. The van der Waals surface area contributed by atoms with E-state index < -0.39 is 0 Å². The van der Waals surface area contributed by atoms with E-state index in [2.05, 4.69) is 27.5 Å². The molecule has 0 saturated heterocycles. The van der Waals surface area contributed by atoms with Crippen molar-refractivity contribution in [2.75, 3.05) is 11.9 Å². The van der Waals surface area contributed by atoms with E-state index in [-0.39, 0.29) is 11.9 Å². The van der Waals surface area contributed by atoms with Crippen LogP contribution in [0.25, 0.3) is 0 Å². The van der Waals surface area contributed by atoms with Crippen molar-refractivity contribution in [1.82, 2.24) is 19.9 Å². The van der Waals surface area contributed by atoms with Crippen molar-refractivity contribution in [2.45, 2.75) is 32.9 Å². The molecule has 0 fully saturated rings. The van der Waals surface area contributed by atoms with E-state index in [4.69, 9.17) is 0 Å². The summed E-state index contributed by atoms with van der Waals surface area (Å²) in [6, 6.07) is 5.42. The van der Waals surface area contributed by atoms with Gasteiger partial charge in [0.05, 0.1) is 6.33 Å². The fourth-order valence-electron chi connectivity index (χ4n) is 1.97. The van der Waals surface area contributed by atoms with Crippen LogP contribution in [0.2, 0.25) is 0 Å². The van der Waals surface area contributed by atoms with E-state index >= 15 is 0 Å². The molecule has 2 N–H and O–H groups in total. The van der Waals surface area contributed by atoms with Crippen LogP contribution in [0.4, 0.5) is 5.82 Å². The highest BCUT2D eigenvalue weighted by Crippen LogP contribution is 2.05. The lowest BCUT2D eigenvalue weighted by Crippen LogP contribution is -2.36. The molecule has 21 heavy (non-hydrogen) atoms. The molecular weight excluding hydrogens is 266 g/mol. The average Bonchev–Trinajstić information content (AvgIpc) is 2.98. The van der Waals surface area contributed by atoms with Crippen LogP contribution in [0.5, 0.6) is 0 Å². The largest absolute Gasteiger partial charge is 0.370 e. The number of anilines is 1. The fraction of sp³-hybridized carbons (Fsp3) is 0.400. The number of amides is 1. The summed E-state index contributed by atoms with van der Waals surface area (Å²) in [4.78, 5) is 20.5. The third-order valence-corrected chi connectivity index (χ3v) is 2.96. The Bertz CT molecular complexity index is 567. The maximum Gasteiger partial charge on any atom is 0.270 e. The fourth-order valence-corrected chi connectivity index (χ4v) is 1.97. The molecule has 2 aromatic heterocycles. The van der Waals surface area contributed by atoms with E-state index in [1.165, 1.54) is 0 Å². The molecule has 1 amide bonds. The summed E-state index contributed by atoms with van der Waals surface area (Å²) in [6.07, 6.45) is 6.34. The van der Waals surface area contributed by atoms with E-state index in [0.29, 0.717) is 12.2 Å². The zero-order valence-corrected chi connectivity index (χ0v) is 12.4. The number of nitrogens with one attached hydrogen (secondary N) is 2. The van der Waals surface area contributed by atoms with E-state index in [1.54, 1.807) is 18.6 Å². The Morgan fingerprint density at radius 3 is 3.00 bits per heavy atom. The molecule has 0 aliphatic rings. The van der Waals surface area contributed by atoms with Crippen LogP contribution in [0, 0.1) is 0 Å². The highest BCUT2D eigenvalue weighted by atomic mass is 16.1. The number of pyridine rings is 1. The molecule has 112 valence electrons. The monoisotopic (exact) mass is 287 g/mol. The van der Waals surface area contributed by atoms with Crippen LogP contribution in [0.3, 0.4) is 0 Å². The van der Waals surface area contributed by atoms with Crippen LogP contribution in [-0.4, -0.2) is 33.0 Å². The molecule has 2 aromatic rings. The van der Waals surface area contributed by atoms with Gasteiger partial charge in [-0.05, 0) is 25.5 Å². The second kappa shape index (κ2) is 7.42. The first kappa shape index (κ1) is 15.0. The van der Waals surface area contributed by atoms with Crippen molar-refractivity contribution in [3.05, 3.63) is 42.6 Å². The van der Waals surface area contributed by atoms with E-state index in [0.717, 1.165) is 18.8 Å². The maximum absolute atomic E-state index is 12.2. The van der Waals surface area contributed by atoms with E-state index in [1.807, 2.05) is 29.8 Å². The van der Waals surface area contributed by atoms with Crippen LogP contribution < -0.4 is 10.6 Å². The molecule has 6 heteroatoms. The van der Waals surface area contributed by atoms with Gasteiger partial charge in [-0.15, -0.1) is 0 Å². The number of hydrogen-bond donors (Lipinski definition) is 2. The van der Waals surface area contributed by atoms with Gasteiger partial charge in [-0.25, -0.2) is 9.97 Å². The van der Waals surface area contributed by atoms with Gasteiger partial charge < -0.3 is 15.2 Å². The van der Waals surface area contributed by atoms with Crippen LogP contribution in [0.15, 0.2) is 36.9 Å². The third-order valence-electron chi connectivity index (χ3n) is 2.96. The Kier molecular flexibility index (Phi) is 5.31. The van der Waals surface area contributed by atoms with Crippen molar-refractivity contribution < 1.29 is 4.79 Å². The van der Waals surface area contributed by atoms with Gasteiger partial charge in [0, 0.05) is 31.5 Å². The summed E-state index contributed by atoms with van der Waals surface area (Å²) in [5, 5.41) is 6.12. The number of carbonyl (C=O) groups is 1. The van der Waals surface area contributed by atoms with Crippen molar-refractivity contribution in [1.29, 1.82) is 0 Å². The summed E-state index contributed by atoms with van der Waals surface area (Å²) >= 11 is 0. The minimum Gasteiger partial charge on any atom is -0.370 e. The van der Waals surface area contributed by atoms with Crippen LogP contribution >= 0.6 is 0 Å². The van der Waals surface area contributed by atoms with E-state index in [9.17, 15) is 4.79 Å². The minimum atomic E-state index is -0.164. The Morgan fingerprint density at radius 2 is 2.29 bits per heavy atom. The molecule has 2 heterocycles. The lowest BCUT2D eigenvalue weighted by atomic mass is 10.2. The topological polar surface area (TPSA) is 71.8 Å². The molecule has 0 aliphatic carbocycles. The number of hydrogen-bond acceptors (Lipinski definition) is 4. The first-order chi connectivity index (χ1) is 10.2. The first-order valence-electron chi connectivity index (χ1n) is 7.16. The molecule has 6 nitrogen and oxygen atoms in total. The standard InChI is InChI=1S/C15H21N5O/c1-3-7-17-14-6-4-5-13(19-14)15(21)18-12(2)10-20-9-8-16-11-20/h4-6,8-9,11-12H,3,7,10H2,1-2H3,(H,17,19)(H,18,21). The number of carbonyl (C=O) groups excluding carboxylic acids is 1. The predicted octanol–water partition coefficient (Wildman–Crippen LogP) is 1.92. The summed E-state index contributed by atoms with van der Waals surface area (Å²) < 4.78 is 1.93. The molecule has 0 bridgehead atoms. The Balaban J connectivity index is 1.93. The predicted molar refractivity (Wildman–Crippen MR) is 82.2 cm³/mol. The van der Waals surface area contributed by atoms with Gasteiger partial charge in [-0.2, -0.15) is 0 Å². The van der Waals surface area contributed by atoms with Gasteiger partial charge >= 0.3 is 0 Å². The molecule has 0 radical (unpaired) electrons. The van der Waals surface area contributed by atoms with Gasteiger partial charge in [-0.1, -0.05) is 13.0 Å². The van der Waals surface area contributed by atoms with Gasteiger partial charge in [0.25, 0.3) is 5.91 Å². The molecular formula is C15H21N5O. The minimum absolute atomic E-state index is 0.000701. The van der Waals surface area contributed by atoms with Crippen molar-refractivity contribution in [2.24, 2.45) is 0 Å². The quantitative estimate of drug-likeness (QED) is 0.816. The number of rotatable bonds is 7. The Labute approximate surface area is 124 Å². The molecule has 2 rings (SSSR count).